The van der Waals surface area contributed by atoms with Crippen LogP contribution in [0.5, 0.6) is 0 Å². The maximum Gasteiger partial charge on any atom is 0.334 e. The van der Waals surface area contributed by atoms with Crippen molar-refractivity contribution in [1.82, 2.24) is 0 Å². The summed E-state index contributed by atoms with van der Waals surface area (Å²) in [6.07, 6.45) is 7.54. The highest BCUT2D eigenvalue weighted by Gasteiger charge is 2.53. The summed E-state index contributed by atoms with van der Waals surface area (Å²) < 4.78 is 5.98. The van der Waals surface area contributed by atoms with Crippen molar-refractivity contribution in [3.8, 4) is 0 Å². The second kappa shape index (κ2) is 4.11. The van der Waals surface area contributed by atoms with Gasteiger partial charge in [-0.05, 0) is 77.0 Å². The smallest absolute Gasteiger partial charge is 0.334 e. The molecule has 2 heteroatoms. The van der Waals surface area contributed by atoms with Crippen molar-refractivity contribution >= 4 is 5.97 Å². The molecule has 0 aromatic carbocycles. The number of carbonyl (C=O) groups is 1. The molecule has 0 amide bonds. The van der Waals surface area contributed by atoms with Crippen LogP contribution in [0.3, 0.4) is 0 Å². The topological polar surface area (TPSA) is 26.3 Å². The molecule has 4 fully saturated rings. The van der Waals surface area contributed by atoms with E-state index in [1.807, 2.05) is 20.8 Å². The highest BCUT2D eigenvalue weighted by atomic mass is 16.6. The first-order valence-electron chi connectivity index (χ1n) is 7.35. The third kappa shape index (κ3) is 2.00. The minimum atomic E-state index is -0.0947. The SMILES string of the molecule is CC(C)=C(C)C(=O)OC12CC3CC(CC(C3)C1)C2. The fourth-order valence-corrected chi connectivity index (χ4v) is 4.63. The van der Waals surface area contributed by atoms with Crippen molar-refractivity contribution in [2.75, 3.05) is 0 Å². The molecule has 0 aliphatic heterocycles. The van der Waals surface area contributed by atoms with E-state index < -0.39 is 0 Å². The Balaban J connectivity index is 1.76. The van der Waals surface area contributed by atoms with Gasteiger partial charge in [0.2, 0.25) is 0 Å². The molecule has 0 aromatic rings. The van der Waals surface area contributed by atoms with Crippen molar-refractivity contribution < 1.29 is 9.53 Å². The number of ether oxygens (including phenoxy) is 1. The largest absolute Gasteiger partial charge is 0.456 e. The maximum absolute atomic E-state index is 12.2. The molecule has 2 nitrogen and oxygen atoms in total. The second-order valence-corrected chi connectivity index (χ2v) is 7.12. The lowest BCUT2D eigenvalue weighted by Gasteiger charge is -2.55. The van der Waals surface area contributed by atoms with Gasteiger partial charge in [-0.3, -0.25) is 0 Å². The second-order valence-electron chi connectivity index (χ2n) is 7.12. The first-order chi connectivity index (χ1) is 8.47. The Bertz CT molecular complexity index is 366. The Morgan fingerprint density at radius 2 is 1.39 bits per heavy atom. The Morgan fingerprint density at radius 3 is 1.78 bits per heavy atom. The lowest BCUT2D eigenvalue weighted by molar-refractivity contribution is -0.182. The molecular weight excluding hydrogens is 224 g/mol. The molecule has 4 saturated carbocycles. The van der Waals surface area contributed by atoms with Crippen LogP contribution in [0.1, 0.15) is 59.3 Å². The maximum atomic E-state index is 12.2. The summed E-state index contributed by atoms with van der Waals surface area (Å²) in [7, 11) is 0. The quantitative estimate of drug-likeness (QED) is 0.548. The van der Waals surface area contributed by atoms with E-state index in [0.717, 1.165) is 48.2 Å². The summed E-state index contributed by atoms with van der Waals surface area (Å²) in [6, 6.07) is 0. The van der Waals surface area contributed by atoms with E-state index in [-0.39, 0.29) is 11.6 Å². The first-order valence-corrected chi connectivity index (χ1v) is 7.35. The number of hydrogen-bond acceptors (Lipinski definition) is 2. The van der Waals surface area contributed by atoms with Crippen molar-refractivity contribution in [3.63, 3.8) is 0 Å². The van der Waals surface area contributed by atoms with E-state index in [1.165, 1.54) is 19.3 Å². The highest BCUT2D eigenvalue weighted by Crippen LogP contribution is 2.57. The van der Waals surface area contributed by atoms with Gasteiger partial charge in [-0.1, -0.05) is 5.57 Å². The van der Waals surface area contributed by atoms with Crippen LogP contribution in [0.4, 0.5) is 0 Å². The van der Waals surface area contributed by atoms with Crippen LogP contribution < -0.4 is 0 Å². The Labute approximate surface area is 110 Å². The summed E-state index contributed by atoms with van der Waals surface area (Å²) in [5.74, 6) is 2.42. The van der Waals surface area contributed by atoms with Gasteiger partial charge in [0, 0.05) is 5.57 Å². The van der Waals surface area contributed by atoms with Crippen LogP contribution in [0.2, 0.25) is 0 Å². The summed E-state index contributed by atoms with van der Waals surface area (Å²) in [6.45, 7) is 5.85. The summed E-state index contributed by atoms with van der Waals surface area (Å²) in [5.41, 5.74) is 1.78. The minimum Gasteiger partial charge on any atom is -0.456 e. The van der Waals surface area contributed by atoms with Crippen molar-refractivity contribution in [1.29, 1.82) is 0 Å². The molecular formula is C16H24O2. The van der Waals surface area contributed by atoms with Crippen molar-refractivity contribution in [2.45, 2.75) is 64.9 Å². The van der Waals surface area contributed by atoms with Gasteiger partial charge in [0.15, 0.2) is 0 Å². The molecule has 0 radical (unpaired) electrons. The predicted molar refractivity (Wildman–Crippen MR) is 71.0 cm³/mol. The minimum absolute atomic E-state index is 0.0723. The van der Waals surface area contributed by atoms with E-state index in [9.17, 15) is 4.79 Å². The molecule has 0 saturated heterocycles. The molecule has 0 heterocycles. The Hall–Kier alpha value is -0.790. The van der Waals surface area contributed by atoms with Gasteiger partial charge in [-0.25, -0.2) is 4.79 Å². The number of rotatable bonds is 2. The van der Waals surface area contributed by atoms with E-state index in [4.69, 9.17) is 4.74 Å². The highest BCUT2D eigenvalue weighted by molar-refractivity contribution is 5.88. The lowest BCUT2D eigenvalue weighted by atomic mass is 9.54. The van der Waals surface area contributed by atoms with E-state index in [2.05, 4.69) is 0 Å². The van der Waals surface area contributed by atoms with Gasteiger partial charge in [0.1, 0.15) is 5.60 Å². The molecule has 4 aliphatic rings. The zero-order valence-electron chi connectivity index (χ0n) is 11.8. The third-order valence-corrected chi connectivity index (χ3v) is 5.35. The van der Waals surface area contributed by atoms with E-state index in [0.29, 0.717) is 0 Å². The average Bonchev–Trinajstić information content (AvgIpc) is 2.24. The molecule has 0 atom stereocenters. The average molecular weight is 248 g/mol. The fourth-order valence-electron chi connectivity index (χ4n) is 4.63. The van der Waals surface area contributed by atoms with E-state index in [1.54, 1.807) is 0 Å². The first kappa shape index (κ1) is 12.3. The van der Waals surface area contributed by atoms with Crippen LogP contribution in [0, 0.1) is 17.8 Å². The zero-order valence-corrected chi connectivity index (χ0v) is 11.8. The standard InChI is InChI=1S/C16H24O2/c1-10(2)11(3)15(17)18-16-7-12-4-13(8-16)6-14(5-12)9-16/h12-14H,4-9H2,1-3H3. The van der Waals surface area contributed by atoms with Gasteiger partial charge in [-0.2, -0.15) is 0 Å². The summed E-state index contributed by atoms with van der Waals surface area (Å²) >= 11 is 0. The van der Waals surface area contributed by atoms with Crippen LogP contribution in [0.15, 0.2) is 11.1 Å². The van der Waals surface area contributed by atoms with Crippen LogP contribution in [0.25, 0.3) is 0 Å². The van der Waals surface area contributed by atoms with Gasteiger partial charge < -0.3 is 4.74 Å². The molecule has 4 aliphatic carbocycles. The molecule has 100 valence electrons. The molecule has 0 spiro atoms. The van der Waals surface area contributed by atoms with Crippen LogP contribution in [-0.2, 0) is 9.53 Å². The van der Waals surface area contributed by atoms with Gasteiger partial charge in [-0.15, -0.1) is 0 Å². The zero-order chi connectivity index (χ0) is 12.9. The van der Waals surface area contributed by atoms with Crippen molar-refractivity contribution in [2.24, 2.45) is 17.8 Å². The molecule has 0 aromatic heterocycles. The molecule has 0 N–H and O–H groups in total. The predicted octanol–water partition coefficient (Wildman–Crippen LogP) is 3.85. The summed E-state index contributed by atoms with van der Waals surface area (Å²) in [4.78, 5) is 12.2. The molecule has 4 rings (SSSR count). The van der Waals surface area contributed by atoms with Crippen LogP contribution in [-0.4, -0.2) is 11.6 Å². The molecule has 0 unspecified atom stereocenters. The number of esters is 1. The fraction of sp³-hybridized carbons (Fsp3) is 0.812. The monoisotopic (exact) mass is 248 g/mol. The number of carbonyl (C=O) groups excluding carboxylic acids is 1. The van der Waals surface area contributed by atoms with Gasteiger partial charge >= 0.3 is 5.97 Å². The van der Waals surface area contributed by atoms with Gasteiger partial charge in [0.05, 0.1) is 0 Å². The molecule has 18 heavy (non-hydrogen) atoms. The number of hydrogen-bond donors (Lipinski definition) is 0. The molecule has 4 bridgehead atoms. The normalized spacial score (nSPS) is 40.7. The van der Waals surface area contributed by atoms with E-state index >= 15 is 0 Å². The Kier molecular flexibility index (Phi) is 2.80. The van der Waals surface area contributed by atoms with Crippen molar-refractivity contribution in [3.05, 3.63) is 11.1 Å². The summed E-state index contributed by atoms with van der Waals surface area (Å²) in [5, 5.41) is 0. The van der Waals surface area contributed by atoms with Crippen LogP contribution >= 0.6 is 0 Å². The lowest BCUT2D eigenvalue weighted by Crippen LogP contribution is -2.52. The third-order valence-electron chi connectivity index (χ3n) is 5.35. The Morgan fingerprint density at radius 1 is 0.944 bits per heavy atom. The number of allylic oxidation sites excluding steroid dienone is 1. The van der Waals surface area contributed by atoms with Gasteiger partial charge in [0.25, 0.3) is 0 Å².